The zero-order chi connectivity index (χ0) is 54.3. The molecule has 14 N–H and O–H groups in total. The molecule has 388 valence electrons. The topological polar surface area (TPSA) is 405 Å². The predicted octanol–water partition coefficient (Wildman–Crippen LogP) is 9.22. The van der Waals surface area contributed by atoms with Gasteiger partial charge in [-0.05, 0) is 120 Å². The highest BCUT2D eigenvalue weighted by Crippen LogP contribution is 2.46. The maximum absolute atomic E-state index is 11.9. The Morgan fingerprint density at radius 2 is 0.784 bits per heavy atom. The Morgan fingerprint density at radius 1 is 0.405 bits per heavy atom. The van der Waals surface area contributed by atoms with Crippen LogP contribution in [0.2, 0.25) is 0 Å². The van der Waals surface area contributed by atoms with Gasteiger partial charge in [-0.3, -0.25) is 18.3 Å². The first-order valence-electron chi connectivity index (χ1n) is 21.5. The van der Waals surface area contributed by atoms with Crippen molar-refractivity contribution in [1.29, 1.82) is 0 Å². The Morgan fingerprint density at radius 3 is 1.20 bits per heavy atom. The van der Waals surface area contributed by atoms with Crippen molar-refractivity contribution in [2.45, 2.75) is 38.5 Å². The molecule has 0 amide bonds. The van der Waals surface area contributed by atoms with Gasteiger partial charge in [0, 0.05) is 27.9 Å². The summed E-state index contributed by atoms with van der Waals surface area (Å²) < 4.78 is 46.8. The van der Waals surface area contributed by atoms with Gasteiger partial charge in [-0.1, -0.05) is 48.5 Å². The van der Waals surface area contributed by atoms with E-state index in [9.17, 15) is 82.9 Å². The predicted molar refractivity (Wildman–Crippen MR) is 280 cm³/mol. The maximum atomic E-state index is 11.9. The first kappa shape index (κ1) is 56.4. The Hall–Kier alpha value is -6.93. The SMILES string of the molecule is Cc1ccc(C(O)=Nc2ccc(CP(=O)(O)O)cc2CP(=O)(O)O)cc1N=C(O)c1cccc(N=C(O)Nc2cccc(C(O)=Nc3cc(C(O)=Nc4ccc(CP(=O)(O)O)cc4CP(=O)(O)O)ccc3C)c2)c1. The molecule has 0 bridgehead atoms. The highest BCUT2D eigenvalue weighted by Gasteiger charge is 2.23. The van der Waals surface area contributed by atoms with Crippen molar-refractivity contribution in [2.24, 2.45) is 25.0 Å². The number of aliphatic hydroxyl groups excluding tert-OH is 5. The van der Waals surface area contributed by atoms with Gasteiger partial charge in [-0.25, -0.2) is 20.0 Å². The van der Waals surface area contributed by atoms with Gasteiger partial charge < -0.3 is 70.0 Å². The molecule has 0 fully saturated rings. The van der Waals surface area contributed by atoms with Crippen molar-refractivity contribution in [3.63, 3.8) is 0 Å². The van der Waals surface area contributed by atoms with Crippen LogP contribution in [0.4, 0.5) is 34.1 Å². The van der Waals surface area contributed by atoms with Crippen LogP contribution in [0.25, 0.3) is 0 Å². The Kier molecular flexibility index (Phi) is 17.6. The minimum Gasteiger partial charge on any atom is -0.493 e. The first-order chi connectivity index (χ1) is 34.5. The lowest BCUT2D eigenvalue weighted by molar-refractivity contribution is 0.369. The standard InChI is InChI=1S/C47H48N6O17P4/c1-27-9-13-33(45(56)50-39-15-11-29(23-71(59,60)61)17-35(39)25-73(65,66)67)21-41(27)52-43(54)31-5-3-7-37(19-31)48-47(58)49-38-8-4-6-32(20-38)44(55)53-42-22-34(14-10-28(42)2)46(57)51-40-16-12-30(24-72(62,63)64)18-36(40)26-74(68,69)70/h3-22H,23-26H2,1-2H3,(H,50,56)(H,51,57)(H,52,54)(H,53,55)(H2,48,49,58)(H2,59,60,61)(H2,62,63,64)(H2,65,66,67)(H2,68,69,70). The third-order valence-electron chi connectivity index (χ3n) is 10.4. The van der Waals surface area contributed by atoms with Gasteiger partial charge in [-0.15, -0.1) is 0 Å². The lowest BCUT2D eigenvalue weighted by atomic mass is 10.1. The van der Waals surface area contributed by atoms with Gasteiger partial charge in [-0.2, -0.15) is 4.99 Å². The molecule has 0 aliphatic heterocycles. The van der Waals surface area contributed by atoms with Crippen LogP contribution in [-0.4, -0.2) is 94.3 Å². The normalized spacial score (nSPS) is 13.6. The summed E-state index contributed by atoms with van der Waals surface area (Å²) in [5.74, 6) is -2.15. The summed E-state index contributed by atoms with van der Waals surface area (Å²) in [5, 5.41) is 57.7. The molecule has 0 aliphatic carbocycles. The van der Waals surface area contributed by atoms with E-state index in [0.29, 0.717) is 11.1 Å². The number of nitrogens with zero attached hydrogens (tertiary/aromatic N) is 5. The van der Waals surface area contributed by atoms with Gasteiger partial charge in [0.2, 0.25) is 23.6 Å². The van der Waals surface area contributed by atoms with Crippen LogP contribution < -0.4 is 5.32 Å². The van der Waals surface area contributed by atoms with E-state index in [2.05, 4.69) is 30.3 Å². The van der Waals surface area contributed by atoms with Gasteiger partial charge in [0.05, 0.1) is 53.1 Å². The number of benzene rings is 6. The molecule has 0 saturated carbocycles. The van der Waals surface area contributed by atoms with Gasteiger partial charge in [0.1, 0.15) is 0 Å². The van der Waals surface area contributed by atoms with E-state index in [1.807, 2.05) is 0 Å². The summed E-state index contributed by atoms with van der Waals surface area (Å²) in [4.78, 5) is 97.1. The summed E-state index contributed by atoms with van der Waals surface area (Å²) in [7, 11) is -18.4. The summed E-state index contributed by atoms with van der Waals surface area (Å²) in [6, 6.07) is 27.9. The molecule has 0 radical (unpaired) electrons. The fourth-order valence-electron chi connectivity index (χ4n) is 7.05. The van der Waals surface area contributed by atoms with E-state index in [0.717, 1.165) is 0 Å². The lowest BCUT2D eigenvalue weighted by Gasteiger charge is -2.12. The summed E-state index contributed by atoms with van der Waals surface area (Å²) in [6.45, 7) is 3.36. The molecule has 74 heavy (non-hydrogen) atoms. The zero-order valence-corrected chi connectivity index (χ0v) is 42.4. The summed E-state index contributed by atoms with van der Waals surface area (Å²) >= 11 is 0. The second kappa shape index (κ2) is 23.1. The number of aliphatic imine (C=N–C) groups is 5. The largest absolute Gasteiger partial charge is 0.493 e. The molecule has 0 aromatic heterocycles. The van der Waals surface area contributed by atoms with Crippen molar-refractivity contribution < 1.29 is 82.9 Å². The van der Waals surface area contributed by atoms with Crippen molar-refractivity contribution in [3.8, 4) is 0 Å². The number of aryl methyl sites for hydroxylation is 2. The number of hydrogen-bond donors (Lipinski definition) is 14. The van der Waals surface area contributed by atoms with E-state index >= 15 is 0 Å². The first-order valence-corrected chi connectivity index (χ1v) is 28.6. The second-order valence-corrected chi connectivity index (χ2v) is 23.2. The Balaban J connectivity index is 1.18. The van der Waals surface area contributed by atoms with Crippen LogP contribution in [0, 0.1) is 13.8 Å². The number of aliphatic hydroxyl groups is 5. The smallest absolute Gasteiger partial charge is 0.329 e. The van der Waals surface area contributed by atoms with Gasteiger partial charge >= 0.3 is 30.4 Å². The molecule has 0 unspecified atom stereocenters. The fraction of sp³-hybridized carbons (Fsp3) is 0.128. The number of amidine groups is 1. The molecule has 6 rings (SSSR count). The van der Waals surface area contributed by atoms with Gasteiger partial charge in [0.25, 0.3) is 6.02 Å². The summed E-state index contributed by atoms with van der Waals surface area (Å²) in [5.41, 5.74) is 2.39. The third-order valence-corrected chi connectivity index (χ3v) is 13.4. The van der Waals surface area contributed by atoms with Crippen LogP contribution in [0.1, 0.15) is 55.6 Å². The van der Waals surface area contributed by atoms with Crippen molar-refractivity contribution in [2.75, 3.05) is 5.32 Å². The molecule has 6 aromatic carbocycles. The number of anilines is 1. The number of nitrogens with one attached hydrogen (secondary N) is 1. The Bertz CT molecular complexity index is 3490. The third kappa shape index (κ3) is 17.1. The monoisotopic (exact) mass is 1090 g/mol. The van der Waals surface area contributed by atoms with Crippen molar-refractivity contribution >= 4 is 94.1 Å². The fourth-order valence-corrected chi connectivity index (χ4v) is 9.79. The summed E-state index contributed by atoms with van der Waals surface area (Å²) in [6.07, 6.45) is -3.02. The second-order valence-electron chi connectivity index (χ2n) is 16.7. The van der Waals surface area contributed by atoms with Crippen molar-refractivity contribution in [1.82, 2.24) is 0 Å². The number of rotatable bonds is 18. The van der Waals surface area contributed by atoms with E-state index < -0.39 is 84.6 Å². The molecular formula is C47H48N6O17P4. The molecule has 27 heteroatoms. The molecule has 0 saturated heterocycles. The van der Waals surface area contributed by atoms with Crippen LogP contribution in [0.3, 0.4) is 0 Å². The minimum absolute atomic E-state index is 0.0692. The molecule has 23 nitrogen and oxygen atoms in total. The number of hydrogen-bond acceptors (Lipinski definition) is 9. The molecule has 0 atom stereocenters. The molecule has 0 spiro atoms. The van der Waals surface area contributed by atoms with Gasteiger partial charge in [0.15, 0.2) is 0 Å². The van der Waals surface area contributed by atoms with E-state index in [1.165, 1.54) is 97.1 Å². The minimum atomic E-state index is -4.68. The highest BCUT2D eigenvalue weighted by atomic mass is 31.2. The van der Waals surface area contributed by atoms with E-state index in [-0.39, 0.29) is 78.6 Å². The van der Waals surface area contributed by atoms with Crippen molar-refractivity contribution in [3.05, 3.63) is 177 Å². The average molecular weight is 1090 g/mol. The van der Waals surface area contributed by atoms with Crippen LogP contribution >= 0.6 is 30.4 Å². The van der Waals surface area contributed by atoms with Crippen LogP contribution in [0.15, 0.2) is 146 Å². The molecule has 0 aliphatic rings. The molecule has 0 heterocycles. The Labute approximate surface area is 421 Å². The van der Waals surface area contributed by atoms with E-state index in [1.54, 1.807) is 38.1 Å². The average Bonchev–Trinajstić information content (AvgIpc) is 3.27. The van der Waals surface area contributed by atoms with E-state index in [4.69, 9.17) is 0 Å². The zero-order valence-electron chi connectivity index (χ0n) is 38.8. The highest BCUT2D eigenvalue weighted by molar-refractivity contribution is 7.51. The molecule has 6 aromatic rings. The lowest BCUT2D eigenvalue weighted by Crippen LogP contribution is -2.11. The molecular weight excluding hydrogens is 1040 g/mol. The quantitative estimate of drug-likeness (QED) is 0.0216. The van der Waals surface area contributed by atoms with Crippen LogP contribution in [-0.2, 0) is 42.9 Å². The maximum Gasteiger partial charge on any atom is 0.329 e. The van der Waals surface area contributed by atoms with Crippen LogP contribution in [0.5, 0.6) is 0 Å².